The summed E-state index contributed by atoms with van der Waals surface area (Å²) in [7, 11) is 0. The summed E-state index contributed by atoms with van der Waals surface area (Å²) < 4.78 is 2.57. The van der Waals surface area contributed by atoms with Crippen LogP contribution in [0.25, 0.3) is 43.5 Å². The van der Waals surface area contributed by atoms with Crippen LogP contribution in [0, 0.1) is 0 Å². The van der Waals surface area contributed by atoms with E-state index in [-0.39, 0.29) is 0 Å². The maximum absolute atomic E-state index is 2.33. The molecule has 1 aromatic heterocycles. The zero-order chi connectivity index (χ0) is 39.4. The number of nitrogens with zero attached hydrogens (tertiary/aromatic N) is 1. The van der Waals surface area contributed by atoms with Crippen LogP contribution >= 0.6 is 11.3 Å². The van der Waals surface area contributed by atoms with E-state index in [9.17, 15) is 0 Å². The van der Waals surface area contributed by atoms with Crippen molar-refractivity contribution in [1.82, 2.24) is 0 Å². The van der Waals surface area contributed by atoms with Gasteiger partial charge in [-0.25, -0.2) is 0 Å². The van der Waals surface area contributed by atoms with Crippen LogP contribution in [-0.4, -0.2) is 0 Å². The number of benzene rings is 9. The predicted molar refractivity (Wildman–Crippen MR) is 253 cm³/mol. The third kappa shape index (κ3) is 6.95. The smallest absolute Gasteiger partial charge is 0.0701 e. The molecule has 10 rings (SSSR count). The minimum Gasteiger partial charge on any atom is -0.310 e. The minimum absolute atomic E-state index is 0.454. The number of hydrogen-bond donors (Lipinski definition) is 0. The van der Waals surface area contributed by atoms with Gasteiger partial charge in [-0.1, -0.05) is 206 Å². The first-order valence-corrected chi connectivity index (χ1v) is 21.0. The fourth-order valence-electron chi connectivity index (χ4n) is 8.58. The Morgan fingerprint density at radius 3 is 1.22 bits per heavy atom. The molecule has 1 heterocycles. The van der Waals surface area contributed by atoms with Crippen molar-refractivity contribution in [3.05, 3.63) is 270 Å². The van der Waals surface area contributed by atoms with Crippen molar-refractivity contribution in [2.24, 2.45) is 0 Å². The number of rotatable bonds is 10. The summed E-state index contributed by atoms with van der Waals surface area (Å²) in [5.41, 5.74) is 12.7. The Bertz CT molecular complexity index is 2850. The number of para-hydroxylation sites is 2. The second-order valence-corrected chi connectivity index (χ2v) is 16.0. The zero-order valence-electron chi connectivity index (χ0n) is 32.5. The van der Waals surface area contributed by atoms with Gasteiger partial charge in [-0.2, -0.15) is 0 Å². The highest BCUT2D eigenvalue weighted by atomic mass is 32.1. The van der Waals surface area contributed by atoms with Crippen molar-refractivity contribution in [3.8, 4) is 11.1 Å². The SMILES string of the molecule is C(=C\c1ccc2c(c1)sc1cc(N(c3ccccc3)c3ccccc3)ccc12)/c1ccc(-c2ccc(C(c3ccccc3)(c3ccccc3)c3ccccc3)cc2)cc1. The molecule has 0 radical (unpaired) electrons. The molecule has 0 amide bonds. The average molecular weight is 772 g/mol. The molecule has 0 saturated carbocycles. The quantitative estimate of drug-likeness (QED) is 0.0989. The molecule has 9 aromatic carbocycles. The van der Waals surface area contributed by atoms with Gasteiger partial charge < -0.3 is 4.90 Å². The molecule has 2 heteroatoms. The van der Waals surface area contributed by atoms with Gasteiger partial charge in [0.15, 0.2) is 0 Å². The van der Waals surface area contributed by atoms with E-state index in [4.69, 9.17) is 0 Å². The largest absolute Gasteiger partial charge is 0.310 e. The first-order chi connectivity index (χ1) is 29.2. The highest BCUT2D eigenvalue weighted by Gasteiger charge is 2.38. The van der Waals surface area contributed by atoms with Gasteiger partial charge in [-0.3, -0.25) is 0 Å². The van der Waals surface area contributed by atoms with Crippen LogP contribution < -0.4 is 4.90 Å². The molecule has 0 saturated heterocycles. The summed E-state index contributed by atoms with van der Waals surface area (Å²) in [6, 6.07) is 85.6. The molecule has 1 nitrogen and oxygen atoms in total. The van der Waals surface area contributed by atoms with Crippen molar-refractivity contribution < 1.29 is 0 Å². The molecule has 0 unspecified atom stereocenters. The van der Waals surface area contributed by atoms with Crippen molar-refractivity contribution in [3.63, 3.8) is 0 Å². The normalized spacial score (nSPS) is 11.7. The van der Waals surface area contributed by atoms with Gasteiger partial charge in [-0.05, 0) is 87.0 Å². The van der Waals surface area contributed by atoms with Crippen LogP contribution in [0.1, 0.15) is 33.4 Å². The van der Waals surface area contributed by atoms with Crippen LogP contribution in [0.5, 0.6) is 0 Å². The van der Waals surface area contributed by atoms with Gasteiger partial charge in [0.2, 0.25) is 0 Å². The van der Waals surface area contributed by atoms with Gasteiger partial charge >= 0.3 is 0 Å². The number of thiophene rings is 1. The summed E-state index contributed by atoms with van der Waals surface area (Å²) in [5.74, 6) is 0. The Morgan fingerprint density at radius 2 is 0.712 bits per heavy atom. The van der Waals surface area contributed by atoms with Crippen LogP contribution in [0.4, 0.5) is 17.1 Å². The third-order valence-corrected chi connectivity index (χ3v) is 12.5. The first kappa shape index (κ1) is 36.1. The van der Waals surface area contributed by atoms with Crippen molar-refractivity contribution in [1.29, 1.82) is 0 Å². The maximum atomic E-state index is 2.33. The van der Waals surface area contributed by atoms with Crippen LogP contribution in [-0.2, 0) is 5.41 Å². The Hall–Kier alpha value is -7.26. The molecular formula is C57H41NS. The molecule has 0 bridgehead atoms. The fourth-order valence-corrected chi connectivity index (χ4v) is 9.77. The lowest BCUT2D eigenvalue weighted by atomic mass is 9.65. The molecule has 0 fully saturated rings. The lowest BCUT2D eigenvalue weighted by molar-refractivity contribution is 0.745. The zero-order valence-corrected chi connectivity index (χ0v) is 33.3. The van der Waals surface area contributed by atoms with E-state index in [1.54, 1.807) is 0 Å². The number of hydrogen-bond acceptors (Lipinski definition) is 2. The van der Waals surface area contributed by atoms with Crippen molar-refractivity contribution in [2.75, 3.05) is 4.90 Å². The van der Waals surface area contributed by atoms with Crippen molar-refractivity contribution >= 4 is 60.7 Å². The number of fused-ring (bicyclic) bond motifs is 3. The second kappa shape index (κ2) is 15.9. The predicted octanol–water partition coefficient (Wildman–Crippen LogP) is 15.7. The topological polar surface area (TPSA) is 3.24 Å². The molecule has 0 spiro atoms. The lowest BCUT2D eigenvalue weighted by Crippen LogP contribution is -2.30. The van der Waals surface area contributed by atoms with Gasteiger partial charge in [0.1, 0.15) is 0 Å². The van der Waals surface area contributed by atoms with Crippen LogP contribution in [0.3, 0.4) is 0 Å². The van der Waals surface area contributed by atoms with E-state index in [1.165, 1.54) is 64.7 Å². The van der Waals surface area contributed by atoms with E-state index in [2.05, 4.69) is 254 Å². The van der Waals surface area contributed by atoms with E-state index >= 15 is 0 Å². The second-order valence-electron chi connectivity index (χ2n) is 14.9. The molecule has 280 valence electrons. The summed E-state index contributed by atoms with van der Waals surface area (Å²) in [5, 5.41) is 2.59. The highest BCUT2D eigenvalue weighted by Crippen LogP contribution is 2.46. The van der Waals surface area contributed by atoms with E-state index in [0.29, 0.717) is 0 Å². The first-order valence-electron chi connectivity index (χ1n) is 20.2. The fraction of sp³-hybridized carbons (Fsp3) is 0.0175. The van der Waals surface area contributed by atoms with E-state index in [0.717, 1.165) is 17.1 Å². The molecule has 0 atom stereocenters. The monoisotopic (exact) mass is 771 g/mol. The summed E-state index contributed by atoms with van der Waals surface area (Å²) in [4.78, 5) is 2.33. The van der Waals surface area contributed by atoms with Gasteiger partial charge in [0.05, 0.1) is 5.41 Å². The molecule has 0 N–H and O–H groups in total. The summed E-state index contributed by atoms with van der Waals surface area (Å²) in [6.45, 7) is 0. The summed E-state index contributed by atoms with van der Waals surface area (Å²) >= 11 is 1.86. The average Bonchev–Trinajstić information content (AvgIpc) is 3.68. The van der Waals surface area contributed by atoms with E-state index < -0.39 is 5.41 Å². The third-order valence-electron chi connectivity index (χ3n) is 11.4. The van der Waals surface area contributed by atoms with E-state index in [1.807, 2.05) is 11.3 Å². The standard InChI is InChI=1S/C57H41NS/c1-6-16-46(17-7-1)57(47-18-8-2-9-19-47,48-20-10-3-11-21-48)49-35-33-45(34-36-49)44-31-28-42(29-32-44)26-27-43-30-38-53-54-39-37-52(41-56(54)59-55(53)40-43)58(50-22-12-4-13-23-50)51-24-14-5-15-25-51/h1-41H/b27-26+. The van der Waals surface area contributed by atoms with Gasteiger partial charge in [0.25, 0.3) is 0 Å². The Balaban J connectivity index is 0.914. The Kier molecular flexibility index (Phi) is 9.76. The van der Waals surface area contributed by atoms with Crippen molar-refractivity contribution in [2.45, 2.75) is 5.41 Å². The lowest BCUT2D eigenvalue weighted by Gasteiger charge is -2.37. The molecule has 0 aliphatic heterocycles. The Labute approximate surface area is 350 Å². The number of anilines is 3. The molecular weight excluding hydrogens is 731 g/mol. The molecule has 0 aliphatic rings. The Morgan fingerprint density at radius 1 is 0.322 bits per heavy atom. The van der Waals surface area contributed by atoms with Gasteiger partial charge in [0, 0.05) is 37.2 Å². The minimum atomic E-state index is -0.454. The summed E-state index contributed by atoms with van der Waals surface area (Å²) in [6.07, 6.45) is 4.44. The maximum Gasteiger partial charge on any atom is 0.0701 e. The molecule has 59 heavy (non-hydrogen) atoms. The highest BCUT2D eigenvalue weighted by molar-refractivity contribution is 7.25. The van der Waals surface area contributed by atoms with Crippen LogP contribution in [0.15, 0.2) is 237 Å². The molecule has 10 aromatic rings. The van der Waals surface area contributed by atoms with Crippen LogP contribution in [0.2, 0.25) is 0 Å². The molecule has 0 aliphatic carbocycles. The van der Waals surface area contributed by atoms with Gasteiger partial charge in [-0.15, -0.1) is 11.3 Å².